The van der Waals surface area contributed by atoms with E-state index < -0.39 is 12.2 Å². The summed E-state index contributed by atoms with van der Waals surface area (Å²) in [6.45, 7) is 3.61. The number of thiazole rings is 1. The monoisotopic (exact) mass is 480 g/mol. The number of aromatic nitrogens is 1. The molecule has 0 bridgehead atoms. The fourth-order valence-corrected chi connectivity index (χ4v) is 4.71. The van der Waals surface area contributed by atoms with E-state index in [2.05, 4.69) is 27.0 Å². The third-order valence-electron chi connectivity index (χ3n) is 5.54. The van der Waals surface area contributed by atoms with Gasteiger partial charge in [0.25, 0.3) is 0 Å². The second-order valence-electron chi connectivity index (χ2n) is 7.81. The van der Waals surface area contributed by atoms with E-state index in [4.69, 9.17) is 11.6 Å². The highest BCUT2D eigenvalue weighted by molar-refractivity contribution is 7.14. The van der Waals surface area contributed by atoms with Crippen molar-refractivity contribution >= 4 is 33.8 Å². The number of hydrogen-bond donors (Lipinski definition) is 3. The molecule has 0 spiro atoms. The molecule has 4 rings (SSSR count). The van der Waals surface area contributed by atoms with Crippen LogP contribution in [0, 0.1) is 0 Å². The zero-order chi connectivity index (χ0) is 22.7. The topological polar surface area (TPSA) is 49.0 Å². The third kappa shape index (κ3) is 5.36. The van der Waals surface area contributed by atoms with E-state index in [1.54, 1.807) is 5.38 Å². The van der Waals surface area contributed by atoms with Gasteiger partial charge in [-0.05, 0) is 55.6 Å². The van der Waals surface area contributed by atoms with Crippen LogP contribution in [0.5, 0.6) is 0 Å². The van der Waals surface area contributed by atoms with Crippen molar-refractivity contribution in [2.75, 3.05) is 23.7 Å². The quantitative estimate of drug-likeness (QED) is 0.397. The molecule has 3 aromatic rings. The zero-order valence-corrected chi connectivity index (χ0v) is 19.1. The Labute approximate surface area is 194 Å². The van der Waals surface area contributed by atoms with Crippen molar-refractivity contribution in [3.63, 3.8) is 0 Å². The molecule has 170 valence electrons. The van der Waals surface area contributed by atoms with Gasteiger partial charge >= 0.3 is 6.18 Å². The van der Waals surface area contributed by atoms with Crippen LogP contribution < -0.4 is 16.0 Å². The Morgan fingerprint density at radius 2 is 1.88 bits per heavy atom. The van der Waals surface area contributed by atoms with Gasteiger partial charge in [-0.15, -0.1) is 11.3 Å². The lowest BCUT2D eigenvalue weighted by Crippen LogP contribution is -2.32. The van der Waals surface area contributed by atoms with E-state index in [9.17, 15) is 13.2 Å². The minimum absolute atomic E-state index is 0.254. The molecule has 2 heterocycles. The predicted octanol–water partition coefficient (Wildman–Crippen LogP) is 6.13. The molecule has 1 aliphatic rings. The van der Waals surface area contributed by atoms with E-state index in [1.165, 1.54) is 11.1 Å². The van der Waals surface area contributed by atoms with Crippen LogP contribution in [-0.2, 0) is 19.4 Å². The van der Waals surface area contributed by atoms with Crippen LogP contribution in [-0.4, -0.2) is 30.3 Å². The number of hydrogen-bond acceptors (Lipinski definition) is 5. The molecule has 0 saturated carbocycles. The van der Waals surface area contributed by atoms with E-state index in [0.29, 0.717) is 12.2 Å². The van der Waals surface area contributed by atoms with Crippen LogP contribution >= 0.6 is 22.9 Å². The predicted molar refractivity (Wildman–Crippen MR) is 126 cm³/mol. The number of rotatable bonds is 6. The average Bonchev–Trinajstić information content (AvgIpc) is 3.09. The molecule has 1 aliphatic heterocycles. The second-order valence-corrected chi connectivity index (χ2v) is 9.07. The van der Waals surface area contributed by atoms with Gasteiger partial charge in [0.05, 0.1) is 16.4 Å². The van der Waals surface area contributed by atoms with Crippen molar-refractivity contribution in [3.05, 3.63) is 63.5 Å². The molecule has 1 aromatic heterocycles. The second kappa shape index (κ2) is 9.68. The lowest BCUT2D eigenvalue weighted by Gasteiger charge is -2.16. The van der Waals surface area contributed by atoms with Crippen molar-refractivity contribution in [2.45, 2.75) is 38.5 Å². The molecule has 1 atom stereocenters. The van der Waals surface area contributed by atoms with Crippen molar-refractivity contribution in [3.8, 4) is 11.3 Å². The number of nitrogens with one attached hydrogen (secondary N) is 3. The summed E-state index contributed by atoms with van der Waals surface area (Å²) in [6.07, 6.45) is -2.39. The summed E-state index contributed by atoms with van der Waals surface area (Å²) in [4.78, 5) is 4.29. The van der Waals surface area contributed by atoms with Gasteiger partial charge in [-0.25, -0.2) is 4.98 Å². The molecule has 9 heteroatoms. The summed E-state index contributed by atoms with van der Waals surface area (Å²) < 4.78 is 38.2. The van der Waals surface area contributed by atoms with Gasteiger partial charge in [0.2, 0.25) is 0 Å². The maximum Gasteiger partial charge on any atom is 0.408 e. The first-order valence-corrected chi connectivity index (χ1v) is 11.7. The van der Waals surface area contributed by atoms with Crippen LogP contribution in [0.25, 0.3) is 11.3 Å². The Morgan fingerprint density at radius 3 is 2.62 bits per heavy atom. The van der Waals surface area contributed by atoms with Crippen molar-refractivity contribution in [1.82, 2.24) is 10.3 Å². The molecule has 4 nitrogen and oxygen atoms in total. The molecule has 0 saturated heterocycles. The van der Waals surface area contributed by atoms with Gasteiger partial charge < -0.3 is 16.0 Å². The Hall–Kier alpha value is -2.29. The highest BCUT2D eigenvalue weighted by Crippen LogP contribution is 2.32. The number of anilines is 2. The summed E-state index contributed by atoms with van der Waals surface area (Å²) in [7, 11) is 0. The maximum atomic E-state index is 12.7. The normalized spacial score (nSPS) is 15.0. The molecule has 1 unspecified atom stereocenters. The average molecular weight is 481 g/mol. The lowest BCUT2D eigenvalue weighted by atomic mass is 10.0. The minimum Gasteiger partial charge on any atom is -0.380 e. The van der Waals surface area contributed by atoms with Gasteiger partial charge in [-0.1, -0.05) is 41.9 Å². The maximum absolute atomic E-state index is 12.7. The first-order valence-electron chi connectivity index (χ1n) is 10.4. The number of benzene rings is 2. The van der Waals surface area contributed by atoms with Crippen molar-refractivity contribution in [2.24, 2.45) is 0 Å². The van der Waals surface area contributed by atoms with Gasteiger partial charge in [-0.3, -0.25) is 0 Å². The van der Waals surface area contributed by atoms with Gasteiger partial charge in [0.15, 0.2) is 5.13 Å². The molecule has 2 aromatic carbocycles. The molecular formula is C23H24ClF3N4S. The molecule has 32 heavy (non-hydrogen) atoms. The summed E-state index contributed by atoms with van der Waals surface area (Å²) in [5, 5.41) is 12.1. The summed E-state index contributed by atoms with van der Waals surface area (Å²) in [5.41, 5.74) is 6.17. The lowest BCUT2D eigenvalue weighted by molar-refractivity contribution is -0.138. The van der Waals surface area contributed by atoms with Crippen LogP contribution in [0.4, 0.5) is 24.0 Å². The molecule has 0 aliphatic carbocycles. The third-order valence-corrected chi connectivity index (χ3v) is 6.62. The largest absolute Gasteiger partial charge is 0.408 e. The van der Waals surface area contributed by atoms with Gasteiger partial charge in [0.1, 0.15) is 6.04 Å². The highest BCUT2D eigenvalue weighted by atomic mass is 35.5. The zero-order valence-electron chi connectivity index (χ0n) is 17.5. The van der Waals surface area contributed by atoms with Crippen LogP contribution in [0.3, 0.4) is 0 Å². The molecule has 0 radical (unpaired) electrons. The van der Waals surface area contributed by atoms with E-state index in [-0.39, 0.29) is 5.13 Å². The Kier molecular flexibility index (Phi) is 6.93. The van der Waals surface area contributed by atoms with Crippen LogP contribution in [0.15, 0.2) is 41.8 Å². The Balaban J connectivity index is 1.42. The smallest absolute Gasteiger partial charge is 0.380 e. The highest BCUT2D eigenvalue weighted by Gasteiger charge is 2.36. The Bertz CT molecular complexity index is 1070. The van der Waals surface area contributed by atoms with Gasteiger partial charge in [0, 0.05) is 17.5 Å². The first kappa shape index (κ1) is 22.9. The standard InChI is InChI=1S/C23H24ClF3N4S/c1-14(23(25,26)27)30-22-31-20(13-32-22)17-4-2-15(3-5-17)12-29-21-18-9-11-28-10-8-16(18)6-7-19(21)24/h2-7,13-14,28-29H,8-12H2,1H3,(H,30,31). The molecular weight excluding hydrogens is 457 g/mol. The van der Waals surface area contributed by atoms with E-state index in [0.717, 1.165) is 66.0 Å². The Morgan fingerprint density at radius 1 is 1.12 bits per heavy atom. The van der Waals surface area contributed by atoms with E-state index >= 15 is 0 Å². The van der Waals surface area contributed by atoms with Crippen LogP contribution in [0.2, 0.25) is 5.02 Å². The molecule has 0 amide bonds. The number of fused-ring (bicyclic) bond motifs is 1. The summed E-state index contributed by atoms with van der Waals surface area (Å²) in [5.74, 6) is 0. The molecule has 3 N–H and O–H groups in total. The first-order chi connectivity index (χ1) is 15.3. The van der Waals surface area contributed by atoms with Crippen LogP contribution in [0.1, 0.15) is 23.6 Å². The van der Waals surface area contributed by atoms with Crippen molar-refractivity contribution in [1.29, 1.82) is 0 Å². The number of nitrogens with zero attached hydrogens (tertiary/aromatic N) is 1. The number of halogens is 4. The fourth-order valence-electron chi connectivity index (χ4n) is 3.66. The summed E-state index contributed by atoms with van der Waals surface area (Å²) in [6, 6.07) is 10.3. The van der Waals surface area contributed by atoms with Crippen molar-refractivity contribution < 1.29 is 13.2 Å². The molecule has 0 fully saturated rings. The van der Waals surface area contributed by atoms with Gasteiger partial charge in [-0.2, -0.15) is 13.2 Å². The number of alkyl halides is 3. The fraction of sp³-hybridized carbons (Fsp3) is 0.348. The minimum atomic E-state index is -4.31. The SMILES string of the molecule is CC(Nc1nc(-c2ccc(CNc3c(Cl)ccc4c3CCNCC4)cc2)cs1)C(F)(F)F. The summed E-state index contributed by atoms with van der Waals surface area (Å²) >= 11 is 7.65. The van der Waals surface area contributed by atoms with E-state index in [1.807, 2.05) is 30.3 Å².